The van der Waals surface area contributed by atoms with E-state index in [9.17, 15) is 35.9 Å². The number of hydroxylamine groups is 2. The SMILES string of the molecule is Cc1cc(C2=NOC(c3cc(Cl)cc(Cl)c3)(C(F)(F)F)C2)ncc1C(=O)C[C@@H]1CON(CC(F)(F)F)C1=O. The highest BCUT2D eigenvalue weighted by atomic mass is 35.5. The lowest BCUT2D eigenvalue weighted by Crippen LogP contribution is -2.42. The summed E-state index contributed by atoms with van der Waals surface area (Å²) in [4.78, 5) is 38.7. The number of nitrogens with zero attached hydrogens (tertiary/aromatic N) is 3. The number of benzene rings is 1. The molecule has 0 radical (unpaired) electrons. The van der Waals surface area contributed by atoms with E-state index < -0.39 is 61.6 Å². The molecule has 15 heteroatoms. The first-order valence-electron chi connectivity index (χ1n) is 10.9. The van der Waals surface area contributed by atoms with Gasteiger partial charge in [0.1, 0.15) is 12.3 Å². The number of carbonyl (C=O) groups excluding carboxylic acids is 2. The van der Waals surface area contributed by atoms with Crippen LogP contribution in [0.4, 0.5) is 26.3 Å². The van der Waals surface area contributed by atoms with Crippen molar-refractivity contribution in [2.75, 3.05) is 13.2 Å². The van der Waals surface area contributed by atoms with Crippen LogP contribution in [0.25, 0.3) is 0 Å². The molecule has 204 valence electrons. The Labute approximate surface area is 221 Å². The van der Waals surface area contributed by atoms with Crippen molar-refractivity contribution in [3.05, 3.63) is 62.9 Å². The number of aromatic nitrogens is 1. The number of ketones is 1. The molecule has 1 unspecified atom stereocenters. The van der Waals surface area contributed by atoms with Crippen LogP contribution in [0.2, 0.25) is 10.0 Å². The molecule has 0 bridgehead atoms. The number of pyridine rings is 1. The van der Waals surface area contributed by atoms with Crippen molar-refractivity contribution in [2.45, 2.75) is 37.7 Å². The number of hydrogen-bond donors (Lipinski definition) is 0. The van der Waals surface area contributed by atoms with Crippen LogP contribution in [-0.2, 0) is 20.1 Å². The number of Topliss-reactive ketones (excluding diaryl/α,β-unsaturated/α-hetero) is 1. The summed E-state index contributed by atoms with van der Waals surface area (Å²) in [6, 6.07) is 4.75. The maximum Gasteiger partial charge on any atom is 0.435 e. The molecule has 1 saturated heterocycles. The van der Waals surface area contributed by atoms with Crippen molar-refractivity contribution >= 4 is 40.6 Å². The summed E-state index contributed by atoms with van der Waals surface area (Å²) in [5, 5.41) is 3.72. The van der Waals surface area contributed by atoms with Gasteiger partial charge in [0.2, 0.25) is 0 Å². The van der Waals surface area contributed by atoms with E-state index in [1.54, 1.807) is 0 Å². The van der Waals surface area contributed by atoms with Crippen molar-refractivity contribution in [1.29, 1.82) is 0 Å². The standard InChI is InChI=1S/C23H17Cl2F6N3O4/c1-11-2-17(18-7-21(38-33-18,23(29,30)31)13-4-14(24)6-15(25)5-13)32-8-16(11)19(35)3-12-9-37-34(20(12)36)10-22(26,27)28/h2,4-6,8,12H,3,7,9-10H2,1H3/t12-,21?/m1/s1. The number of rotatable bonds is 6. The highest BCUT2D eigenvalue weighted by Gasteiger charge is 2.62. The van der Waals surface area contributed by atoms with Crippen LogP contribution < -0.4 is 0 Å². The molecular formula is C23H17Cl2F6N3O4. The van der Waals surface area contributed by atoms with E-state index in [-0.39, 0.29) is 37.6 Å². The summed E-state index contributed by atoms with van der Waals surface area (Å²) in [7, 11) is 0. The van der Waals surface area contributed by atoms with Crippen LogP contribution in [0, 0.1) is 12.8 Å². The second kappa shape index (κ2) is 10.0. The van der Waals surface area contributed by atoms with Crippen molar-refractivity contribution in [3.8, 4) is 0 Å². The second-order valence-corrected chi connectivity index (χ2v) is 9.66. The van der Waals surface area contributed by atoms with Gasteiger partial charge in [-0.1, -0.05) is 28.4 Å². The van der Waals surface area contributed by atoms with Gasteiger partial charge >= 0.3 is 12.4 Å². The molecule has 3 heterocycles. The zero-order valence-corrected chi connectivity index (χ0v) is 20.8. The molecule has 7 nitrogen and oxygen atoms in total. The lowest BCUT2D eigenvalue weighted by Gasteiger charge is -2.29. The highest BCUT2D eigenvalue weighted by Crippen LogP contribution is 2.49. The number of halogens is 8. The van der Waals surface area contributed by atoms with Gasteiger partial charge in [0, 0.05) is 33.8 Å². The fraction of sp³-hybridized carbons (Fsp3) is 0.391. The van der Waals surface area contributed by atoms with E-state index in [4.69, 9.17) is 32.9 Å². The van der Waals surface area contributed by atoms with Crippen LogP contribution in [0.3, 0.4) is 0 Å². The quantitative estimate of drug-likeness (QED) is 0.317. The van der Waals surface area contributed by atoms with Crippen LogP contribution >= 0.6 is 23.2 Å². The summed E-state index contributed by atoms with van der Waals surface area (Å²) in [6.45, 7) is -0.505. The molecule has 1 aromatic carbocycles. The number of alkyl halides is 6. The van der Waals surface area contributed by atoms with Gasteiger partial charge in [-0.2, -0.15) is 26.3 Å². The topological polar surface area (TPSA) is 81.1 Å². The zero-order valence-electron chi connectivity index (χ0n) is 19.3. The summed E-state index contributed by atoms with van der Waals surface area (Å²) in [5.41, 5.74) is -3.02. The molecule has 2 atom stereocenters. The molecule has 1 fully saturated rings. The number of oxime groups is 1. The Morgan fingerprint density at radius 2 is 1.79 bits per heavy atom. The first-order valence-corrected chi connectivity index (χ1v) is 11.6. The zero-order chi connectivity index (χ0) is 28.0. The summed E-state index contributed by atoms with van der Waals surface area (Å²) in [6.07, 6.45) is -9.66. The second-order valence-electron chi connectivity index (χ2n) is 8.78. The minimum Gasteiger partial charge on any atom is -0.374 e. The van der Waals surface area contributed by atoms with Gasteiger partial charge in [0.25, 0.3) is 11.5 Å². The predicted octanol–water partition coefficient (Wildman–Crippen LogP) is 5.80. The summed E-state index contributed by atoms with van der Waals surface area (Å²) < 4.78 is 80.3. The minimum absolute atomic E-state index is 0.00919. The Bertz CT molecular complexity index is 1300. The Morgan fingerprint density at radius 1 is 1.13 bits per heavy atom. The average molecular weight is 584 g/mol. The number of aryl methyl sites for hydroxylation is 1. The Hall–Kier alpha value is -2.90. The third-order valence-electron chi connectivity index (χ3n) is 6.00. The number of hydrogen-bond acceptors (Lipinski definition) is 6. The third kappa shape index (κ3) is 5.59. The van der Waals surface area contributed by atoms with Crippen LogP contribution in [0.15, 0.2) is 35.6 Å². The Balaban J connectivity index is 1.51. The van der Waals surface area contributed by atoms with Gasteiger partial charge < -0.3 is 4.84 Å². The van der Waals surface area contributed by atoms with Gasteiger partial charge in [-0.3, -0.25) is 19.4 Å². The summed E-state index contributed by atoms with van der Waals surface area (Å²) in [5.74, 6) is -2.69. The number of amides is 1. The molecule has 0 N–H and O–H groups in total. The Morgan fingerprint density at radius 3 is 2.37 bits per heavy atom. The molecule has 0 aliphatic carbocycles. The molecule has 0 spiro atoms. The molecule has 1 amide bonds. The maximum atomic E-state index is 14.2. The van der Waals surface area contributed by atoms with Crippen LogP contribution in [0.5, 0.6) is 0 Å². The van der Waals surface area contributed by atoms with Gasteiger partial charge in [0.05, 0.1) is 24.6 Å². The van der Waals surface area contributed by atoms with Crippen molar-refractivity contribution in [3.63, 3.8) is 0 Å². The molecule has 38 heavy (non-hydrogen) atoms. The largest absolute Gasteiger partial charge is 0.435 e. The van der Waals surface area contributed by atoms with Crippen molar-refractivity contribution in [1.82, 2.24) is 10.0 Å². The normalized spacial score (nSPS) is 22.0. The fourth-order valence-electron chi connectivity index (χ4n) is 4.12. The summed E-state index contributed by atoms with van der Waals surface area (Å²) >= 11 is 11.8. The van der Waals surface area contributed by atoms with Gasteiger partial charge in [-0.05, 0) is 36.8 Å². The lowest BCUT2D eigenvalue weighted by atomic mass is 9.87. The van der Waals surface area contributed by atoms with Gasteiger partial charge in [-0.25, -0.2) is 5.06 Å². The molecule has 2 aliphatic heterocycles. The maximum absolute atomic E-state index is 14.2. The molecule has 0 saturated carbocycles. The van der Waals surface area contributed by atoms with E-state index in [2.05, 4.69) is 10.1 Å². The first kappa shape index (κ1) is 28.1. The van der Waals surface area contributed by atoms with Crippen molar-refractivity contribution in [2.24, 2.45) is 11.1 Å². The van der Waals surface area contributed by atoms with Gasteiger partial charge in [-0.15, -0.1) is 0 Å². The number of carbonyl (C=O) groups is 2. The van der Waals surface area contributed by atoms with E-state index in [1.807, 2.05) is 0 Å². The first-order chi connectivity index (χ1) is 17.6. The van der Waals surface area contributed by atoms with E-state index in [1.165, 1.54) is 19.1 Å². The van der Waals surface area contributed by atoms with Gasteiger partial charge in [0.15, 0.2) is 5.78 Å². The molecular weight excluding hydrogens is 567 g/mol. The molecule has 2 aliphatic rings. The average Bonchev–Trinajstić information content (AvgIpc) is 3.38. The van der Waals surface area contributed by atoms with Crippen molar-refractivity contribution < 1.29 is 45.6 Å². The lowest BCUT2D eigenvalue weighted by molar-refractivity contribution is -0.275. The smallest absolute Gasteiger partial charge is 0.374 e. The van der Waals surface area contributed by atoms with E-state index in [0.29, 0.717) is 5.56 Å². The van der Waals surface area contributed by atoms with E-state index in [0.717, 1.165) is 18.3 Å². The molecule has 4 rings (SSSR count). The molecule has 2 aromatic rings. The minimum atomic E-state index is -4.91. The molecule has 1 aromatic heterocycles. The fourth-order valence-corrected chi connectivity index (χ4v) is 4.64. The third-order valence-corrected chi connectivity index (χ3v) is 6.44. The van der Waals surface area contributed by atoms with Crippen LogP contribution in [0.1, 0.15) is 40.0 Å². The van der Waals surface area contributed by atoms with E-state index >= 15 is 0 Å². The van der Waals surface area contributed by atoms with Crippen LogP contribution in [-0.4, -0.2) is 53.0 Å². The predicted molar refractivity (Wildman–Crippen MR) is 122 cm³/mol. The highest BCUT2D eigenvalue weighted by molar-refractivity contribution is 6.34. The Kier molecular flexibility index (Phi) is 7.40. The monoisotopic (exact) mass is 583 g/mol.